The maximum Gasteiger partial charge on any atom is 0.220 e. The molecule has 0 saturated carbocycles. The van der Waals surface area contributed by atoms with Crippen molar-refractivity contribution in [1.82, 2.24) is 5.32 Å². The Morgan fingerprint density at radius 2 is 1.76 bits per heavy atom. The van der Waals surface area contributed by atoms with Crippen LogP contribution in [0.5, 0.6) is 0 Å². The number of hydrogen-bond acceptors (Lipinski definition) is 3. The van der Waals surface area contributed by atoms with Crippen LogP contribution in [-0.4, -0.2) is 18.2 Å². The lowest BCUT2D eigenvalue weighted by Gasteiger charge is -2.06. The van der Waals surface area contributed by atoms with E-state index in [9.17, 15) is 4.79 Å². The van der Waals surface area contributed by atoms with E-state index < -0.39 is 0 Å². The number of aryl methyl sites for hydroxylation is 1. The fourth-order valence-corrected chi connectivity index (χ4v) is 2.70. The van der Waals surface area contributed by atoms with Crippen molar-refractivity contribution in [1.29, 1.82) is 0 Å². The van der Waals surface area contributed by atoms with E-state index in [2.05, 4.69) is 17.4 Å². The number of thioether (sulfide) groups is 1. The topological polar surface area (TPSA) is 55.1 Å². The number of carbonyl (C=O) groups excluding carboxylic acids is 1. The molecule has 0 aliphatic rings. The first kappa shape index (κ1) is 15.4. The van der Waals surface area contributed by atoms with Crippen LogP contribution in [0, 0.1) is 0 Å². The quantitative estimate of drug-likeness (QED) is 0.469. The highest BCUT2D eigenvalue weighted by atomic mass is 32.2. The monoisotopic (exact) mass is 300 g/mol. The third-order valence-corrected chi connectivity index (χ3v) is 4.07. The van der Waals surface area contributed by atoms with E-state index in [1.807, 2.05) is 42.5 Å². The van der Waals surface area contributed by atoms with Gasteiger partial charge in [-0.2, -0.15) is 0 Å². The van der Waals surface area contributed by atoms with Crippen LogP contribution in [0.2, 0.25) is 0 Å². The summed E-state index contributed by atoms with van der Waals surface area (Å²) in [4.78, 5) is 13.0. The highest BCUT2D eigenvalue weighted by molar-refractivity contribution is 7.99. The fraction of sp³-hybridized carbons (Fsp3) is 0.235. The average Bonchev–Trinajstić information content (AvgIpc) is 2.52. The van der Waals surface area contributed by atoms with Crippen molar-refractivity contribution < 1.29 is 4.79 Å². The number of anilines is 1. The minimum Gasteiger partial charge on any atom is -0.399 e. The van der Waals surface area contributed by atoms with Gasteiger partial charge in [0.05, 0.1) is 0 Å². The molecule has 0 aromatic heterocycles. The smallest absolute Gasteiger partial charge is 0.220 e. The Kier molecular flexibility index (Phi) is 6.16. The predicted octanol–water partition coefficient (Wildman–Crippen LogP) is 3.11. The Bertz CT molecular complexity index is 555. The van der Waals surface area contributed by atoms with Crippen molar-refractivity contribution in [2.75, 3.05) is 18.0 Å². The molecule has 2 aromatic rings. The third-order valence-electron chi connectivity index (χ3n) is 3.06. The summed E-state index contributed by atoms with van der Waals surface area (Å²) in [6, 6.07) is 17.9. The van der Waals surface area contributed by atoms with Crippen LogP contribution in [0.15, 0.2) is 59.5 Å². The first-order valence-corrected chi connectivity index (χ1v) is 8.01. The molecule has 1 amide bonds. The molecular weight excluding hydrogens is 280 g/mol. The Labute approximate surface area is 129 Å². The summed E-state index contributed by atoms with van der Waals surface area (Å²) in [5.41, 5.74) is 7.52. The Hall–Kier alpha value is -1.94. The lowest BCUT2D eigenvalue weighted by Crippen LogP contribution is -2.25. The Balaban J connectivity index is 1.60. The van der Waals surface area contributed by atoms with Crippen LogP contribution in [0.25, 0.3) is 0 Å². The summed E-state index contributed by atoms with van der Waals surface area (Å²) in [7, 11) is 0. The number of nitrogens with two attached hydrogens (primary N) is 1. The Morgan fingerprint density at radius 3 is 2.48 bits per heavy atom. The minimum atomic E-state index is 0.0977. The highest BCUT2D eigenvalue weighted by Crippen LogP contribution is 2.15. The molecule has 0 bridgehead atoms. The maximum absolute atomic E-state index is 11.7. The number of carbonyl (C=O) groups is 1. The molecule has 2 rings (SSSR count). The van der Waals surface area contributed by atoms with Gasteiger partial charge in [-0.3, -0.25) is 4.79 Å². The Morgan fingerprint density at radius 1 is 1.05 bits per heavy atom. The molecule has 3 N–H and O–H groups in total. The summed E-state index contributed by atoms with van der Waals surface area (Å²) in [5, 5.41) is 2.95. The summed E-state index contributed by atoms with van der Waals surface area (Å²) in [5.74, 6) is 0.984. The van der Waals surface area contributed by atoms with Gasteiger partial charge < -0.3 is 11.1 Å². The zero-order chi connectivity index (χ0) is 14.9. The zero-order valence-electron chi connectivity index (χ0n) is 11.9. The lowest BCUT2D eigenvalue weighted by molar-refractivity contribution is -0.120. The van der Waals surface area contributed by atoms with E-state index in [4.69, 9.17) is 5.73 Å². The van der Waals surface area contributed by atoms with Gasteiger partial charge in [-0.05, 0) is 36.2 Å². The molecule has 0 atom stereocenters. The molecule has 3 nitrogen and oxygen atoms in total. The van der Waals surface area contributed by atoms with Gasteiger partial charge in [-0.1, -0.05) is 30.3 Å². The lowest BCUT2D eigenvalue weighted by atomic mass is 10.1. The summed E-state index contributed by atoms with van der Waals surface area (Å²) in [6.45, 7) is 0.695. The molecule has 21 heavy (non-hydrogen) atoms. The first-order chi connectivity index (χ1) is 10.2. The number of nitrogens with one attached hydrogen (secondary N) is 1. The molecule has 0 fully saturated rings. The predicted molar refractivity (Wildman–Crippen MR) is 89.4 cm³/mol. The second kappa shape index (κ2) is 8.37. The molecule has 0 heterocycles. The van der Waals surface area contributed by atoms with Gasteiger partial charge in [0, 0.05) is 29.3 Å². The summed E-state index contributed by atoms with van der Waals surface area (Å²) >= 11 is 1.75. The molecule has 0 spiro atoms. The van der Waals surface area contributed by atoms with Crippen LogP contribution < -0.4 is 11.1 Å². The van der Waals surface area contributed by atoms with Crippen LogP contribution in [0.4, 0.5) is 5.69 Å². The standard InChI is InChI=1S/C17H20N2OS/c18-15-9-6-14(7-10-15)8-11-17(20)19-12-13-21-16-4-2-1-3-5-16/h1-7,9-10H,8,11-13,18H2,(H,19,20). The zero-order valence-corrected chi connectivity index (χ0v) is 12.7. The van der Waals surface area contributed by atoms with Crippen molar-refractivity contribution in [3.8, 4) is 0 Å². The highest BCUT2D eigenvalue weighted by Gasteiger charge is 2.02. The molecule has 0 aliphatic carbocycles. The summed E-state index contributed by atoms with van der Waals surface area (Å²) in [6.07, 6.45) is 1.26. The van der Waals surface area contributed by atoms with Crippen LogP contribution in [-0.2, 0) is 11.2 Å². The van der Waals surface area contributed by atoms with Gasteiger partial charge in [-0.25, -0.2) is 0 Å². The molecule has 4 heteroatoms. The molecule has 0 radical (unpaired) electrons. The third kappa shape index (κ3) is 5.92. The fourth-order valence-electron chi connectivity index (χ4n) is 1.91. The van der Waals surface area contributed by atoms with Gasteiger partial charge in [0.25, 0.3) is 0 Å². The van der Waals surface area contributed by atoms with Crippen molar-refractivity contribution in [2.24, 2.45) is 0 Å². The molecule has 0 aliphatic heterocycles. The van der Waals surface area contributed by atoms with Gasteiger partial charge in [0.15, 0.2) is 0 Å². The van der Waals surface area contributed by atoms with Crippen LogP contribution in [0.3, 0.4) is 0 Å². The molecular formula is C17H20N2OS. The van der Waals surface area contributed by atoms with Gasteiger partial charge in [0.1, 0.15) is 0 Å². The van der Waals surface area contributed by atoms with E-state index in [0.717, 1.165) is 23.4 Å². The normalized spacial score (nSPS) is 10.3. The van der Waals surface area contributed by atoms with Crippen LogP contribution >= 0.6 is 11.8 Å². The second-order valence-electron chi connectivity index (χ2n) is 4.75. The van der Waals surface area contributed by atoms with E-state index >= 15 is 0 Å². The number of benzene rings is 2. The largest absolute Gasteiger partial charge is 0.399 e. The van der Waals surface area contributed by atoms with Crippen molar-refractivity contribution in [2.45, 2.75) is 17.7 Å². The van der Waals surface area contributed by atoms with Crippen molar-refractivity contribution in [3.63, 3.8) is 0 Å². The van der Waals surface area contributed by atoms with Gasteiger partial charge in [-0.15, -0.1) is 11.8 Å². The average molecular weight is 300 g/mol. The first-order valence-electron chi connectivity index (χ1n) is 7.03. The number of amides is 1. The molecule has 110 valence electrons. The van der Waals surface area contributed by atoms with E-state index in [1.165, 1.54) is 4.90 Å². The SMILES string of the molecule is Nc1ccc(CCC(=O)NCCSc2ccccc2)cc1. The van der Waals surface area contributed by atoms with E-state index in [0.29, 0.717) is 13.0 Å². The minimum absolute atomic E-state index is 0.0977. The van der Waals surface area contributed by atoms with Crippen LogP contribution in [0.1, 0.15) is 12.0 Å². The van der Waals surface area contributed by atoms with Gasteiger partial charge in [0.2, 0.25) is 5.91 Å². The van der Waals surface area contributed by atoms with E-state index in [1.54, 1.807) is 11.8 Å². The van der Waals surface area contributed by atoms with Gasteiger partial charge >= 0.3 is 0 Å². The van der Waals surface area contributed by atoms with Crippen molar-refractivity contribution in [3.05, 3.63) is 60.2 Å². The second-order valence-corrected chi connectivity index (χ2v) is 5.92. The number of hydrogen-bond donors (Lipinski definition) is 2. The maximum atomic E-state index is 11.7. The number of rotatable bonds is 7. The molecule has 0 saturated heterocycles. The van der Waals surface area contributed by atoms with Crippen molar-refractivity contribution >= 4 is 23.4 Å². The molecule has 0 unspecified atom stereocenters. The number of nitrogen functional groups attached to an aromatic ring is 1. The summed E-state index contributed by atoms with van der Waals surface area (Å²) < 4.78 is 0. The van der Waals surface area contributed by atoms with E-state index in [-0.39, 0.29) is 5.91 Å². The molecule has 2 aromatic carbocycles.